The summed E-state index contributed by atoms with van der Waals surface area (Å²) in [5.41, 5.74) is 13.1. The van der Waals surface area contributed by atoms with Crippen LogP contribution in [0.4, 0.5) is 17.3 Å². The minimum absolute atomic E-state index is 0.0874. The predicted octanol–water partition coefficient (Wildman–Crippen LogP) is 2.55. The van der Waals surface area contributed by atoms with Gasteiger partial charge < -0.3 is 22.1 Å². The molecule has 8 nitrogen and oxygen atoms in total. The number of hydrogen-bond donors (Lipinski definition) is 4. The van der Waals surface area contributed by atoms with Crippen molar-refractivity contribution in [3.63, 3.8) is 0 Å². The number of benzene rings is 1. The lowest BCUT2D eigenvalue weighted by Gasteiger charge is -2.27. The van der Waals surface area contributed by atoms with Crippen molar-refractivity contribution in [2.45, 2.75) is 37.8 Å². The van der Waals surface area contributed by atoms with Crippen LogP contribution in [0, 0.1) is 0 Å². The van der Waals surface area contributed by atoms with E-state index >= 15 is 0 Å². The Hall–Kier alpha value is -3.26. The number of para-hydroxylation sites is 1. The summed E-state index contributed by atoms with van der Waals surface area (Å²) >= 11 is 0. The molecule has 2 heterocycles. The molecule has 1 amide bonds. The molecule has 1 aromatic carbocycles. The first-order valence-corrected chi connectivity index (χ1v) is 9.39. The van der Waals surface area contributed by atoms with E-state index in [1.807, 2.05) is 30.3 Å². The highest BCUT2D eigenvalue weighted by Gasteiger charge is 2.20. The fourth-order valence-corrected chi connectivity index (χ4v) is 3.47. The van der Waals surface area contributed by atoms with E-state index in [0.717, 1.165) is 36.6 Å². The van der Waals surface area contributed by atoms with Gasteiger partial charge in [-0.3, -0.25) is 9.78 Å². The van der Waals surface area contributed by atoms with E-state index in [2.05, 4.69) is 25.6 Å². The Morgan fingerprint density at radius 2 is 1.86 bits per heavy atom. The highest BCUT2D eigenvalue weighted by atomic mass is 16.1. The van der Waals surface area contributed by atoms with Gasteiger partial charge in [-0.05, 0) is 37.8 Å². The average molecular weight is 377 g/mol. The van der Waals surface area contributed by atoms with Crippen LogP contribution in [-0.4, -0.2) is 32.9 Å². The summed E-state index contributed by atoms with van der Waals surface area (Å²) in [5.74, 6) is 0.266. The molecule has 2 aromatic heterocycles. The molecule has 0 aliphatic heterocycles. The number of amides is 1. The summed E-state index contributed by atoms with van der Waals surface area (Å²) < 4.78 is 0. The molecule has 1 aliphatic carbocycles. The van der Waals surface area contributed by atoms with Gasteiger partial charge in [-0.15, -0.1) is 0 Å². The number of fused-ring (bicyclic) bond motifs is 1. The second-order valence-corrected chi connectivity index (χ2v) is 7.11. The molecule has 0 atom stereocenters. The molecule has 0 bridgehead atoms. The Balaban J connectivity index is 1.59. The maximum Gasteiger partial charge on any atom is 0.271 e. The van der Waals surface area contributed by atoms with Gasteiger partial charge >= 0.3 is 0 Å². The molecular formula is C20H23N7O. The highest BCUT2D eigenvalue weighted by molar-refractivity contribution is 5.96. The van der Waals surface area contributed by atoms with Crippen LogP contribution in [0.15, 0.2) is 42.7 Å². The van der Waals surface area contributed by atoms with Gasteiger partial charge in [0, 0.05) is 17.5 Å². The summed E-state index contributed by atoms with van der Waals surface area (Å²) in [6, 6.07) is 10.3. The number of nitrogens with one attached hydrogen (secondary N) is 2. The van der Waals surface area contributed by atoms with Crippen LogP contribution in [0.25, 0.3) is 10.9 Å². The zero-order valence-electron chi connectivity index (χ0n) is 15.4. The van der Waals surface area contributed by atoms with Crippen LogP contribution in [0.3, 0.4) is 0 Å². The monoisotopic (exact) mass is 377 g/mol. The Kier molecular flexibility index (Phi) is 5.03. The fraction of sp³-hybridized carbons (Fsp3) is 0.300. The number of aromatic nitrogens is 3. The summed E-state index contributed by atoms with van der Waals surface area (Å²) in [4.78, 5) is 25.0. The quantitative estimate of drug-likeness (QED) is 0.537. The molecule has 0 spiro atoms. The van der Waals surface area contributed by atoms with Crippen LogP contribution in [-0.2, 0) is 0 Å². The Bertz CT molecular complexity index is 999. The molecule has 1 aliphatic rings. The Morgan fingerprint density at radius 3 is 2.64 bits per heavy atom. The van der Waals surface area contributed by atoms with Crippen molar-refractivity contribution >= 4 is 34.1 Å². The van der Waals surface area contributed by atoms with E-state index in [4.69, 9.17) is 11.5 Å². The number of nitrogens with two attached hydrogens (primary N) is 2. The van der Waals surface area contributed by atoms with Gasteiger partial charge in [-0.1, -0.05) is 18.2 Å². The summed E-state index contributed by atoms with van der Waals surface area (Å²) in [6.45, 7) is 0. The van der Waals surface area contributed by atoms with Gasteiger partial charge in [0.1, 0.15) is 5.82 Å². The first-order chi connectivity index (χ1) is 13.6. The van der Waals surface area contributed by atoms with Crippen LogP contribution >= 0.6 is 0 Å². The first-order valence-electron chi connectivity index (χ1n) is 9.39. The number of rotatable bonds is 5. The van der Waals surface area contributed by atoms with E-state index in [9.17, 15) is 4.79 Å². The normalized spacial score (nSPS) is 19.3. The molecule has 144 valence electrons. The fourth-order valence-electron chi connectivity index (χ4n) is 3.47. The third-order valence-corrected chi connectivity index (χ3v) is 4.98. The van der Waals surface area contributed by atoms with Crippen LogP contribution in [0.1, 0.15) is 36.2 Å². The van der Waals surface area contributed by atoms with E-state index in [1.165, 1.54) is 0 Å². The number of nitrogens with zero attached hydrogens (tertiary/aromatic N) is 3. The van der Waals surface area contributed by atoms with Crippen molar-refractivity contribution in [2.24, 2.45) is 11.5 Å². The second kappa shape index (κ2) is 7.77. The van der Waals surface area contributed by atoms with Crippen molar-refractivity contribution in [3.05, 3.63) is 48.4 Å². The molecule has 0 saturated heterocycles. The molecule has 1 fully saturated rings. The van der Waals surface area contributed by atoms with Crippen molar-refractivity contribution in [1.29, 1.82) is 0 Å². The van der Waals surface area contributed by atoms with Crippen LogP contribution in [0.2, 0.25) is 0 Å². The summed E-state index contributed by atoms with van der Waals surface area (Å²) in [7, 11) is 0. The average Bonchev–Trinajstić information content (AvgIpc) is 2.70. The molecule has 0 unspecified atom stereocenters. The van der Waals surface area contributed by atoms with Crippen molar-refractivity contribution in [3.8, 4) is 0 Å². The number of hydrogen-bond acceptors (Lipinski definition) is 7. The lowest BCUT2D eigenvalue weighted by Crippen LogP contribution is -2.33. The van der Waals surface area contributed by atoms with Crippen molar-refractivity contribution < 1.29 is 4.79 Å². The third-order valence-electron chi connectivity index (χ3n) is 4.98. The number of primary amides is 1. The highest BCUT2D eigenvalue weighted by Crippen LogP contribution is 2.24. The van der Waals surface area contributed by atoms with E-state index in [-0.39, 0.29) is 11.7 Å². The molecule has 4 rings (SSSR count). The predicted molar refractivity (Wildman–Crippen MR) is 109 cm³/mol. The van der Waals surface area contributed by atoms with Gasteiger partial charge in [0.25, 0.3) is 5.91 Å². The largest absolute Gasteiger partial charge is 0.366 e. The third kappa shape index (κ3) is 4.01. The van der Waals surface area contributed by atoms with Crippen molar-refractivity contribution in [1.82, 2.24) is 15.0 Å². The molecular weight excluding hydrogens is 354 g/mol. The molecule has 28 heavy (non-hydrogen) atoms. The minimum Gasteiger partial charge on any atom is -0.366 e. The zero-order valence-corrected chi connectivity index (χ0v) is 15.4. The number of pyridine rings is 1. The van der Waals surface area contributed by atoms with Crippen LogP contribution in [0.5, 0.6) is 0 Å². The summed E-state index contributed by atoms with van der Waals surface area (Å²) in [6.07, 6.45) is 7.17. The second-order valence-electron chi connectivity index (χ2n) is 7.11. The molecule has 1 saturated carbocycles. The maximum absolute atomic E-state index is 11.8. The van der Waals surface area contributed by atoms with Crippen LogP contribution < -0.4 is 22.1 Å². The van der Waals surface area contributed by atoms with Gasteiger partial charge in [0.2, 0.25) is 0 Å². The van der Waals surface area contributed by atoms with E-state index < -0.39 is 5.91 Å². The van der Waals surface area contributed by atoms with Gasteiger partial charge in [0.05, 0.1) is 23.6 Å². The molecule has 0 radical (unpaired) electrons. The lowest BCUT2D eigenvalue weighted by molar-refractivity contribution is 0.0996. The smallest absolute Gasteiger partial charge is 0.271 e. The first kappa shape index (κ1) is 18.1. The van der Waals surface area contributed by atoms with E-state index in [1.54, 1.807) is 12.4 Å². The Labute approximate surface area is 162 Å². The van der Waals surface area contributed by atoms with Gasteiger partial charge in [-0.2, -0.15) is 0 Å². The summed E-state index contributed by atoms with van der Waals surface area (Å²) in [5, 5.41) is 7.50. The number of anilines is 3. The maximum atomic E-state index is 11.8. The Morgan fingerprint density at radius 1 is 1.07 bits per heavy atom. The SMILES string of the molecule is NC(=O)c1ncc(NC2CCC(N)CC2)nc1Nc1cnc2ccccc2c1. The van der Waals surface area contributed by atoms with Gasteiger partial charge in [0.15, 0.2) is 11.5 Å². The van der Waals surface area contributed by atoms with E-state index in [0.29, 0.717) is 23.4 Å². The standard InChI is InChI=1S/C20H23N7O/c21-13-5-7-14(8-6-13)25-17-11-24-18(19(22)28)20(27-17)26-15-9-12-3-1-2-4-16(12)23-10-15/h1-4,9-11,13-14H,5-8,21H2,(H2,22,28)(H2,25,26,27). The zero-order chi connectivity index (χ0) is 19.5. The molecule has 6 N–H and O–H groups in total. The van der Waals surface area contributed by atoms with Gasteiger partial charge in [-0.25, -0.2) is 9.97 Å². The van der Waals surface area contributed by atoms with Crippen molar-refractivity contribution in [2.75, 3.05) is 10.6 Å². The number of carbonyl (C=O) groups is 1. The topological polar surface area (TPSA) is 132 Å². The molecule has 3 aromatic rings. The molecule has 8 heteroatoms. The number of carbonyl (C=O) groups excluding carboxylic acids is 1. The minimum atomic E-state index is -0.640. The lowest BCUT2D eigenvalue weighted by atomic mass is 9.92.